The van der Waals surface area contributed by atoms with Crippen LogP contribution < -0.4 is 0 Å². The number of methoxy groups -OCH3 is 1. The van der Waals surface area contributed by atoms with E-state index in [-0.39, 0.29) is 17.0 Å². The first-order valence-electron chi connectivity index (χ1n) is 1.01. The summed E-state index contributed by atoms with van der Waals surface area (Å²) >= 11 is 4.60. The summed E-state index contributed by atoms with van der Waals surface area (Å²) in [6.45, 7) is 0. The normalized spacial score (nSPS) is 5.67. The van der Waals surface area contributed by atoms with Crippen molar-refractivity contribution < 1.29 is 9.53 Å². The highest BCUT2D eigenvalue weighted by atomic mass is 79.9. The summed E-state index contributed by atoms with van der Waals surface area (Å²) in [6.07, 6.45) is 0. The van der Waals surface area contributed by atoms with E-state index in [1.807, 2.05) is 0 Å². The lowest BCUT2D eigenvalue weighted by atomic mass is 11.5. The predicted molar refractivity (Wildman–Crippen MR) is 28.6 cm³/mol. The van der Waals surface area contributed by atoms with Gasteiger partial charge in [-0.2, -0.15) is 0 Å². The minimum absolute atomic E-state index is 0. The SMILES string of the molecule is Br.COC(=O)Cl. The third-order valence-corrected chi connectivity index (χ3v) is 0.315. The Bertz CT molecular complexity index is 46.8. The Morgan fingerprint density at radius 3 is 2.00 bits per heavy atom. The second-order valence-electron chi connectivity index (χ2n) is 0.442. The fourth-order valence-electron chi connectivity index (χ4n) is 0. The van der Waals surface area contributed by atoms with Crippen LogP contribution in [-0.4, -0.2) is 12.5 Å². The van der Waals surface area contributed by atoms with E-state index in [0.717, 1.165) is 0 Å². The highest BCUT2D eigenvalue weighted by Crippen LogP contribution is 1.78. The topological polar surface area (TPSA) is 26.3 Å². The Morgan fingerprint density at radius 2 is 2.00 bits per heavy atom. The zero-order chi connectivity index (χ0) is 4.28. The molecule has 0 spiro atoms. The van der Waals surface area contributed by atoms with Crippen LogP contribution in [0.3, 0.4) is 0 Å². The average Bonchev–Trinajstić information content (AvgIpc) is 1.38. The molecule has 2 nitrogen and oxygen atoms in total. The summed E-state index contributed by atoms with van der Waals surface area (Å²) in [5.74, 6) is 0. The molecule has 0 radical (unpaired) electrons. The Morgan fingerprint density at radius 1 is 1.83 bits per heavy atom. The van der Waals surface area contributed by atoms with Crippen molar-refractivity contribution in [3.05, 3.63) is 0 Å². The van der Waals surface area contributed by atoms with Gasteiger partial charge in [0.05, 0.1) is 7.11 Å². The number of ether oxygens (including phenoxy) is 1. The van der Waals surface area contributed by atoms with Gasteiger partial charge in [0.2, 0.25) is 0 Å². The number of rotatable bonds is 0. The predicted octanol–water partition coefficient (Wildman–Crippen LogP) is 1.57. The van der Waals surface area contributed by atoms with Gasteiger partial charge in [-0.15, -0.1) is 17.0 Å². The van der Waals surface area contributed by atoms with E-state index < -0.39 is 5.43 Å². The molecule has 0 rings (SSSR count). The molecule has 0 saturated heterocycles. The number of carbonyl (C=O) groups is 1. The van der Waals surface area contributed by atoms with Crippen molar-refractivity contribution in [3.8, 4) is 0 Å². The maximum atomic E-state index is 9.36. The lowest BCUT2D eigenvalue weighted by Gasteiger charge is -1.77. The van der Waals surface area contributed by atoms with Gasteiger partial charge < -0.3 is 4.74 Å². The van der Waals surface area contributed by atoms with Crippen LogP contribution in [-0.2, 0) is 4.74 Å². The Labute approximate surface area is 51.2 Å². The molecule has 0 aromatic carbocycles. The molecule has 4 heteroatoms. The monoisotopic (exact) mass is 174 g/mol. The molecule has 0 N–H and O–H groups in total. The fourth-order valence-corrected chi connectivity index (χ4v) is 0. The Hall–Kier alpha value is 0.240. The standard InChI is InChI=1S/C2H3ClO2.BrH/c1-5-2(3)4;/h1H3;1H. The first-order chi connectivity index (χ1) is 2.27. The van der Waals surface area contributed by atoms with Gasteiger partial charge in [0.1, 0.15) is 0 Å². The van der Waals surface area contributed by atoms with Gasteiger partial charge in [-0.1, -0.05) is 0 Å². The second kappa shape index (κ2) is 5.24. The molecule has 6 heavy (non-hydrogen) atoms. The highest BCUT2D eigenvalue weighted by Gasteiger charge is 1.80. The van der Waals surface area contributed by atoms with Crippen LogP contribution in [0.2, 0.25) is 0 Å². The Kier molecular flexibility index (Phi) is 8.32. The second-order valence-corrected chi connectivity index (χ2v) is 0.750. The van der Waals surface area contributed by atoms with Crippen LogP contribution in [0.4, 0.5) is 4.79 Å². The number of halogens is 2. The first-order valence-corrected chi connectivity index (χ1v) is 1.38. The van der Waals surface area contributed by atoms with Crippen molar-refractivity contribution in [2.45, 2.75) is 0 Å². The van der Waals surface area contributed by atoms with E-state index in [2.05, 4.69) is 16.3 Å². The van der Waals surface area contributed by atoms with Crippen molar-refractivity contribution in [2.24, 2.45) is 0 Å². The summed E-state index contributed by atoms with van der Waals surface area (Å²) in [5, 5.41) is 0. The van der Waals surface area contributed by atoms with Crippen molar-refractivity contribution in [1.29, 1.82) is 0 Å². The zero-order valence-electron chi connectivity index (χ0n) is 3.10. The fraction of sp³-hybridized carbons (Fsp3) is 0.500. The van der Waals surface area contributed by atoms with Crippen molar-refractivity contribution in [1.82, 2.24) is 0 Å². The molecular formula is C2H4BrClO2. The maximum Gasteiger partial charge on any atom is 0.403 e. The number of carbonyl (C=O) groups excluding carboxylic acids is 1. The number of hydrogen-bond donors (Lipinski definition) is 0. The quantitative estimate of drug-likeness (QED) is 0.523. The summed E-state index contributed by atoms with van der Waals surface area (Å²) in [4.78, 5) is 9.36. The minimum Gasteiger partial charge on any atom is -0.457 e. The van der Waals surface area contributed by atoms with Gasteiger partial charge in [-0.25, -0.2) is 4.79 Å². The third kappa shape index (κ3) is 8.87. The van der Waals surface area contributed by atoms with Crippen LogP contribution in [0.1, 0.15) is 0 Å². The van der Waals surface area contributed by atoms with Gasteiger partial charge in [-0.05, 0) is 0 Å². The molecule has 0 aliphatic carbocycles. The smallest absolute Gasteiger partial charge is 0.403 e. The molecule has 38 valence electrons. The van der Waals surface area contributed by atoms with Crippen molar-refractivity contribution >= 4 is 34.0 Å². The molecule has 0 bridgehead atoms. The van der Waals surface area contributed by atoms with Crippen LogP contribution in [0, 0.1) is 0 Å². The van der Waals surface area contributed by atoms with Gasteiger partial charge in [0.25, 0.3) is 0 Å². The van der Waals surface area contributed by atoms with E-state index in [1.54, 1.807) is 0 Å². The van der Waals surface area contributed by atoms with Crippen LogP contribution in [0.15, 0.2) is 0 Å². The lowest BCUT2D eigenvalue weighted by molar-refractivity contribution is 0.198. The van der Waals surface area contributed by atoms with Gasteiger partial charge in [-0.3, -0.25) is 0 Å². The molecule has 0 aromatic heterocycles. The van der Waals surface area contributed by atoms with Crippen LogP contribution in [0.5, 0.6) is 0 Å². The van der Waals surface area contributed by atoms with Gasteiger partial charge in [0.15, 0.2) is 0 Å². The molecule has 0 aromatic rings. The largest absolute Gasteiger partial charge is 0.457 e. The molecule has 0 aliphatic rings. The first kappa shape index (κ1) is 9.53. The molecule has 0 fully saturated rings. The van der Waals surface area contributed by atoms with E-state index in [1.165, 1.54) is 7.11 Å². The molecular weight excluding hydrogens is 171 g/mol. The van der Waals surface area contributed by atoms with Gasteiger partial charge in [0, 0.05) is 11.6 Å². The zero-order valence-corrected chi connectivity index (χ0v) is 5.57. The van der Waals surface area contributed by atoms with E-state index in [4.69, 9.17) is 0 Å². The van der Waals surface area contributed by atoms with E-state index >= 15 is 0 Å². The summed E-state index contributed by atoms with van der Waals surface area (Å²) in [7, 11) is 1.22. The average molecular weight is 175 g/mol. The molecule has 0 atom stereocenters. The van der Waals surface area contributed by atoms with Crippen molar-refractivity contribution in [3.63, 3.8) is 0 Å². The molecule has 0 unspecified atom stereocenters. The molecule has 0 amide bonds. The highest BCUT2D eigenvalue weighted by molar-refractivity contribution is 8.93. The minimum atomic E-state index is -0.773. The van der Waals surface area contributed by atoms with E-state index in [9.17, 15) is 4.79 Å². The molecule has 0 saturated carbocycles. The van der Waals surface area contributed by atoms with Crippen LogP contribution >= 0.6 is 28.6 Å². The summed E-state index contributed by atoms with van der Waals surface area (Å²) < 4.78 is 3.88. The lowest BCUT2D eigenvalue weighted by Crippen LogP contribution is -1.80. The Balaban J connectivity index is 0. The molecule has 0 heterocycles. The van der Waals surface area contributed by atoms with Crippen molar-refractivity contribution in [2.75, 3.05) is 7.11 Å². The van der Waals surface area contributed by atoms with Crippen LogP contribution in [0.25, 0.3) is 0 Å². The summed E-state index contributed by atoms with van der Waals surface area (Å²) in [6, 6.07) is 0. The third-order valence-electron chi connectivity index (χ3n) is 0.160. The molecule has 0 aliphatic heterocycles. The summed E-state index contributed by atoms with van der Waals surface area (Å²) in [5.41, 5.74) is -0.773. The maximum absolute atomic E-state index is 9.36. The van der Waals surface area contributed by atoms with E-state index in [0.29, 0.717) is 0 Å². The van der Waals surface area contributed by atoms with Gasteiger partial charge >= 0.3 is 5.43 Å². The number of hydrogen-bond acceptors (Lipinski definition) is 2.